The number of rotatable bonds is 8. The van der Waals surface area contributed by atoms with Crippen LogP contribution >= 0.6 is 0 Å². The Bertz CT molecular complexity index is 761. The lowest BCUT2D eigenvalue weighted by molar-refractivity contribution is -0.118. The van der Waals surface area contributed by atoms with Crippen LogP contribution in [-0.4, -0.2) is 51.1 Å². The molecule has 0 saturated carbocycles. The highest BCUT2D eigenvalue weighted by atomic mass is 19.4. The molecule has 0 bridgehead atoms. The van der Waals surface area contributed by atoms with E-state index in [0.29, 0.717) is 37.3 Å². The molecule has 0 aliphatic heterocycles. The molecule has 0 aliphatic rings. The molecular formula is C15H19F3N8O. The Morgan fingerprint density at radius 3 is 2.81 bits per heavy atom. The SMILES string of the molecule is NC(=NCC(F)(F)F)Nc1ccnc(CCCCNC(=O)c2c[nH]cn2)n1. The van der Waals surface area contributed by atoms with Crippen LogP contribution in [0.2, 0.25) is 0 Å². The lowest BCUT2D eigenvalue weighted by Crippen LogP contribution is -2.26. The maximum atomic E-state index is 12.1. The number of aliphatic imine (C=N–C) groups is 1. The van der Waals surface area contributed by atoms with Crippen LogP contribution in [0.4, 0.5) is 19.0 Å². The highest BCUT2D eigenvalue weighted by Crippen LogP contribution is 2.14. The summed E-state index contributed by atoms with van der Waals surface area (Å²) in [5, 5.41) is 5.23. The van der Waals surface area contributed by atoms with Crippen molar-refractivity contribution in [2.75, 3.05) is 18.4 Å². The molecule has 2 aromatic heterocycles. The summed E-state index contributed by atoms with van der Waals surface area (Å²) in [7, 11) is 0. The number of nitrogens with two attached hydrogens (primary N) is 1. The van der Waals surface area contributed by atoms with Gasteiger partial charge < -0.3 is 21.4 Å². The van der Waals surface area contributed by atoms with E-state index < -0.39 is 12.7 Å². The summed E-state index contributed by atoms with van der Waals surface area (Å²) in [6.07, 6.45) is 1.93. The van der Waals surface area contributed by atoms with Crippen molar-refractivity contribution in [2.24, 2.45) is 10.7 Å². The number of carbonyl (C=O) groups is 1. The molecule has 0 unspecified atom stereocenters. The predicted molar refractivity (Wildman–Crippen MR) is 92.1 cm³/mol. The fraction of sp³-hybridized carbons (Fsp3) is 0.400. The maximum absolute atomic E-state index is 12.1. The first kappa shape index (κ1) is 20.1. The quantitative estimate of drug-likeness (QED) is 0.307. The second-order valence-corrected chi connectivity index (χ2v) is 5.47. The van der Waals surface area contributed by atoms with Gasteiger partial charge in [-0.25, -0.2) is 19.9 Å². The van der Waals surface area contributed by atoms with Gasteiger partial charge in [-0.15, -0.1) is 0 Å². The molecule has 1 amide bonds. The zero-order chi connectivity index (χ0) is 19.7. The smallest absolute Gasteiger partial charge is 0.370 e. The monoisotopic (exact) mass is 384 g/mol. The molecule has 12 heteroatoms. The molecule has 146 valence electrons. The third kappa shape index (κ3) is 7.71. The summed E-state index contributed by atoms with van der Waals surface area (Å²) in [4.78, 5) is 29.7. The van der Waals surface area contributed by atoms with Crippen LogP contribution in [-0.2, 0) is 6.42 Å². The number of nitrogens with one attached hydrogen (secondary N) is 3. The number of unbranched alkanes of at least 4 members (excludes halogenated alkanes) is 1. The molecule has 0 aliphatic carbocycles. The van der Waals surface area contributed by atoms with E-state index in [1.807, 2.05) is 0 Å². The molecule has 0 aromatic carbocycles. The van der Waals surface area contributed by atoms with Gasteiger partial charge in [0.15, 0.2) is 5.96 Å². The van der Waals surface area contributed by atoms with Gasteiger partial charge >= 0.3 is 6.18 Å². The average Bonchev–Trinajstić information content (AvgIpc) is 3.14. The predicted octanol–water partition coefficient (Wildman–Crippen LogP) is 1.24. The fourth-order valence-corrected chi connectivity index (χ4v) is 2.02. The third-order valence-corrected chi connectivity index (χ3v) is 3.23. The Morgan fingerprint density at radius 2 is 2.11 bits per heavy atom. The van der Waals surface area contributed by atoms with Crippen LogP contribution in [0.1, 0.15) is 29.2 Å². The maximum Gasteiger partial charge on any atom is 0.408 e. The van der Waals surface area contributed by atoms with Crippen LogP contribution < -0.4 is 16.4 Å². The number of carbonyl (C=O) groups excluding carboxylic acids is 1. The van der Waals surface area contributed by atoms with Crippen molar-refractivity contribution in [1.82, 2.24) is 25.3 Å². The van der Waals surface area contributed by atoms with Crippen LogP contribution in [0.3, 0.4) is 0 Å². The summed E-state index contributed by atoms with van der Waals surface area (Å²) in [6.45, 7) is -0.894. The first-order chi connectivity index (χ1) is 12.8. The molecule has 0 radical (unpaired) electrons. The minimum atomic E-state index is -4.42. The number of amides is 1. The molecule has 9 nitrogen and oxygen atoms in total. The number of halogens is 3. The Labute approximate surface area is 152 Å². The molecule has 2 rings (SSSR count). The van der Waals surface area contributed by atoms with E-state index in [0.717, 1.165) is 0 Å². The number of nitrogens with zero attached hydrogens (tertiary/aromatic N) is 4. The molecule has 0 atom stereocenters. The number of aryl methyl sites for hydroxylation is 1. The van der Waals surface area contributed by atoms with Crippen molar-refractivity contribution in [3.63, 3.8) is 0 Å². The van der Waals surface area contributed by atoms with Gasteiger partial charge in [-0.2, -0.15) is 13.2 Å². The van der Waals surface area contributed by atoms with E-state index in [-0.39, 0.29) is 17.7 Å². The Hall–Kier alpha value is -3.18. The average molecular weight is 384 g/mol. The number of guanidine groups is 1. The van der Waals surface area contributed by atoms with Gasteiger partial charge in [-0.05, 0) is 18.9 Å². The van der Waals surface area contributed by atoms with Crippen molar-refractivity contribution in [2.45, 2.75) is 25.4 Å². The van der Waals surface area contributed by atoms with Crippen LogP contribution in [0, 0.1) is 0 Å². The topological polar surface area (TPSA) is 134 Å². The van der Waals surface area contributed by atoms with Gasteiger partial charge in [0, 0.05) is 25.4 Å². The summed E-state index contributed by atoms with van der Waals surface area (Å²) in [5.74, 6) is 0.128. The Morgan fingerprint density at radius 1 is 1.30 bits per heavy atom. The second-order valence-electron chi connectivity index (χ2n) is 5.47. The van der Waals surface area contributed by atoms with E-state index in [4.69, 9.17) is 5.73 Å². The van der Waals surface area contributed by atoms with E-state index >= 15 is 0 Å². The number of hydrogen-bond acceptors (Lipinski definition) is 5. The molecular weight excluding hydrogens is 365 g/mol. The fourth-order valence-electron chi connectivity index (χ4n) is 2.02. The third-order valence-electron chi connectivity index (χ3n) is 3.23. The van der Waals surface area contributed by atoms with Gasteiger partial charge in [0.1, 0.15) is 23.9 Å². The molecule has 2 heterocycles. The van der Waals surface area contributed by atoms with Gasteiger partial charge in [-0.1, -0.05) is 0 Å². The van der Waals surface area contributed by atoms with Crippen molar-refractivity contribution in [3.05, 3.63) is 36.3 Å². The Balaban J connectivity index is 1.73. The second kappa shape index (κ2) is 9.50. The first-order valence-corrected chi connectivity index (χ1v) is 8.06. The summed E-state index contributed by atoms with van der Waals surface area (Å²) in [5.41, 5.74) is 5.72. The Kier molecular flexibility index (Phi) is 7.08. The molecule has 2 aromatic rings. The summed E-state index contributed by atoms with van der Waals surface area (Å²) < 4.78 is 36.3. The van der Waals surface area contributed by atoms with E-state index in [1.54, 1.807) is 0 Å². The minimum absolute atomic E-state index is 0.257. The number of aromatic nitrogens is 4. The lowest BCUT2D eigenvalue weighted by Gasteiger charge is -2.07. The van der Waals surface area contributed by atoms with Crippen LogP contribution in [0.25, 0.3) is 0 Å². The van der Waals surface area contributed by atoms with Gasteiger partial charge in [0.2, 0.25) is 0 Å². The molecule has 0 fully saturated rings. The molecule has 27 heavy (non-hydrogen) atoms. The van der Waals surface area contributed by atoms with Crippen molar-refractivity contribution in [3.8, 4) is 0 Å². The van der Waals surface area contributed by atoms with E-state index in [9.17, 15) is 18.0 Å². The minimum Gasteiger partial charge on any atom is -0.370 e. The molecule has 0 spiro atoms. The lowest BCUT2D eigenvalue weighted by atomic mass is 10.2. The van der Waals surface area contributed by atoms with Crippen molar-refractivity contribution in [1.29, 1.82) is 0 Å². The normalized spacial score (nSPS) is 12.0. The van der Waals surface area contributed by atoms with Gasteiger partial charge in [-0.3, -0.25) is 4.79 Å². The van der Waals surface area contributed by atoms with Crippen molar-refractivity contribution >= 4 is 17.7 Å². The van der Waals surface area contributed by atoms with E-state index in [2.05, 4.69) is 35.6 Å². The number of anilines is 1. The zero-order valence-corrected chi connectivity index (χ0v) is 14.3. The highest BCUT2D eigenvalue weighted by Gasteiger charge is 2.26. The van der Waals surface area contributed by atoms with Crippen LogP contribution in [0.5, 0.6) is 0 Å². The van der Waals surface area contributed by atoms with E-state index in [1.165, 1.54) is 24.8 Å². The number of aromatic amines is 1. The number of hydrogen-bond donors (Lipinski definition) is 4. The highest BCUT2D eigenvalue weighted by molar-refractivity contribution is 5.92. The summed E-state index contributed by atoms with van der Waals surface area (Å²) >= 11 is 0. The summed E-state index contributed by atoms with van der Waals surface area (Å²) in [6, 6.07) is 1.48. The van der Waals surface area contributed by atoms with Crippen molar-refractivity contribution < 1.29 is 18.0 Å². The zero-order valence-electron chi connectivity index (χ0n) is 14.3. The van der Waals surface area contributed by atoms with Crippen LogP contribution in [0.15, 0.2) is 29.8 Å². The number of H-pyrrole nitrogens is 1. The van der Waals surface area contributed by atoms with Gasteiger partial charge in [0.05, 0.1) is 6.33 Å². The number of imidazole rings is 1. The molecule has 0 saturated heterocycles. The largest absolute Gasteiger partial charge is 0.408 e. The first-order valence-electron chi connectivity index (χ1n) is 8.06. The van der Waals surface area contributed by atoms with Gasteiger partial charge in [0.25, 0.3) is 5.91 Å². The standard InChI is InChI=1S/C15H19F3N8O/c16-15(17,18)8-23-14(19)26-12-4-6-21-11(25-12)3-1-2-5-22-13(27)10-7-20-9-24-10/h4,6-7,9H,1-3,5,8H2,(H,20,24)(H,22,27)(H3,19,21,23,25,26). The molecule has 5 N–H and O–H groups in total. The number of alkyl halides is 3.